The maximum Gasteiger partial charge on any atom is 0.130 e. The van der Waals surface area contributed by atoms with E-state index in [9.17, 15) is 0 Å². The van der Waals surface area contributed by atoms with Crippen LogP contribution in [0.2, 0.25) is 5.02 Å². The molecule has 1 atom stereocenters. The summed E-state index contributed by atoms with van der Waals surface area (Å²) in [6.45, 7) is 3.02. The van der Waals surface area contributed by atoms with Crippen LogP contribution in [0.3, 0.4) is 0 Å². The standard InChI is InChI=1S/C15H17ClN2O/c16-12-1-2-13-14(9-12)18-7-4-15(13)19-8-5-11-3-6-17-10-11/h1-2,4,7,9,11,17H,3,5-6,8,10H2. The lowest BCUT2D eigenvalue weighted by atomic mass is 10.1. The summed E-state index contributed by atoms with van der Waals surface area (Å²) in [5.41, 5.74) is 0.882. The Morgan fingerprint density at radius 1 is 1.37 bits per heavy atom. The number of nitrogens with one attached hydrogen (secondary N) is 1. The van der Waals surface area contributed by atoms with Gasteiger partial charge in [-0.15, -0.1) is 0 Å². The minimum Gasteiger partial charge on any atom is -0.493 e. The average molecular weight is 277 g/mol. The van der Waals surface area contributed by atoms with Gasteiger partial charge in [0, 0.05) is 16.6 Å². The molecule has 0 amide bonds. The van der Waals surface area contributed by atoms with E-state index in [0.717, 1.165) is 48.7 Å². The SMILES string of the molecule is Clc1ccc2c(OCCC3CCNC3)ccnc2c1. The van der Waals surface area contributed by atoms with Crippen molar-refractivity contribution in [3.63, 3.8) is 0 Å². The maximum atomic E-state index is 5.97. The van der Waals surface area contributed by atoms with Crippen LogP contribution in [0.25, 0.3) is 10.9 Å². The molecule has 0 saturated carbocycles. The molecule has 1 unspecified atom stereocenters. The van der Waals surface area contributed by atoms with Gasteiger partial charge in [0.2, 0.25) is 0 Å². The number of pyridine rings is 1. The number of nitrogens with zero attached hydrogens (tertiary/aromatic N) is 1. The van der Waals surface area contributed by atoms with E-state index >= 15 is 0 Å². The number of rotatable bonds is 4. The van der Waals surface area contributed by atoms with E-state index in [1.807, 2.05) is 24.3 Å². The Kier molecular flexibility index (Phi) is 3.85. The average Bonchev–Trinajstić information content (AvgIpc) is 2.92. The van der Waals surface area contributed by atoms with Crippen molar-refractivity contribution < 1.29 is 4.74 Å². The Bertz CT molecular complexity index is 567. The molecular formula is C15H17ClN2O. The smallest absolute Gasteiger partial charge is 0.130 e. The Hall–Kier alpha value is -1.32. The van der Waals surface area contributed by atoms with Crippen LogP contribution < -0.4 is 10.1 Å². The van der Waals surface area contributed by atoms with Crippen molar-refractivity contribution in [2.45, 2.75) is 12.8 Å². The molecule has 0 spiro atoms. The van der Waals surface area contributed by atoms with Gasteiger partial charge in [-0.1, -0.05) is 11.6 Å². The molecule has 1 aliphatic rings. The number of hydrogen-bond acceptors (Lipinski definition) is 3. The Labute approximate surface area is 117 Å². The van der Waals surface area contributed by atoms with E-state index < -0.39 is 0 Å². The highest BCUT2D eigenvalue weighted by molar-refractivity contribution is 6.31. The third-order valence-corrected chi connectivity index (χ3v) is 3.85. The van der Waals surface area contributed by atoms with Gasteiger partial charge in [0.25, 0.3) is 0 Å². The number of ether oxygens (including phenoxy) is 1. The van der Waals surface area contributed by atoms with E-state index in [1.165, 1.54) is 6.42 Å². The number of halogens is 1. The molecule has 1 N–H and O–H groups in total. The quantitative estimate of drug-likeness (QED) is 0.931. The second-order valence-electron chi connectivity index (χ2n) is 4.97. The van der Waals surface area contributed by atoms with E-state index in [1.54, 1.807) is 6.20 Å². The van der Waals surface area contributed by atoms with Gasteiger partial charge in [0.05, 0.1) is 12.1 Å². The lowest BCUT2D eigenvalue weighted by molar-refractivity contribution is 0.286. The third kappa shape index (κ3) is 2.99. The van der Waals surface area contributed by atoms with Gasteiger partial charge >= 0.3 is 0 Å². The Morgan fingerprint density at radius 3 is 3.16 bits per heavy atom. The minimum absolute atomic E-state index is 0.703. The van der Waals surface area contributed by atoms with Crippen LogP contribution in [0.4, 0.5) is 0 Å². The van der Waals surface area contributed by atoms with Gasteiger partial charge < -0.3 is 10.1 Å². The summed E-state index contributed by atoms with van der Waals surface area (Å²) in [6, 6.07) is 7.63. The fourth-order valence-corrected chi connectivity index (χ4v) is 2.68. The van der Waals surface area contributed by atoms with E-state index in [4.69, 9.17) is 16.3 Å². The molecule has 100 valence electrons. The molecule has 0 aliphatic carbocycles. The molecule has 3 rings (SSSR count). The third-order valence-electron chi connectivity index (χ3n) is 3.61. The molecule has 0 radical (unpaired) electrons. The zero-order valence-corrected chi connectivity index (χ0v) is 11.5. The highest BCUT2D eigenvalue weighted by Crippen LogP contribution is 2.26. The van der Waals surface area contributed by atoms with Crippen LogP contribution >= 0.6 is 11.6 Å². The van der Waals surface area contributed by atoms with Crippen molar-refractivity contribution in [3.8, 4) is 5.75 Å². The topological polar surface area (TPSA) is 34.1 Å². The molecule has 2 heterocycles. The van der Waals surface area contributed by atoms with Crippen LogP contribution in [0.1, 0.15) is 12.8 Å². The molecule has 2 aromatic rings. The Morgan fingerprint density at radius 2 is 2.32 bits per heavy atom. The Balaban J connectivity index is 1.70. The molecule has 1 aromatic carbocycles. The van der Waals surface area contributed by atoms with Crippen molar-refractivity contribution in [1.29, 1.82) is 0 Å². The molecule has 1 aliphatic heterocycles. The van der Waals surface area contributed by atoms with E-state index in [2.05, 4.69) is 10.3 Å². The lowest BCUT2D eigenvalue weighted by Gasteiger charge is -2.11. The van der Waals surface area contributed by atoms with E-state index in [-0.39, 0.29) is 0 Å². The van der Waals surface area contributed by atoms with Gasteiger partial charge in [-0.25, -0.2) is 0 Å². The lowest BCUT2D eigenvalue weighted by Crippen LogP contribution is -2.11. The van der Waals surface area contributed by atoms with Gasteiger partial charge in [0.15, 0.2) is 0 Å². The molecule has 1 saturated heterocycles. The second kappa shape index (κ2) is 5.76. The van der Waals surface area contributed by atoms with Crippen molar-refractivity contribution in [2.24, 2.45) is 5.92 Å². The molecule has 0 bridgehead atoms. The number of hydrogen-bond donors (Lipinski definition) is 1. The zero-order chi connectivity index (χ0) is 13.1. The monoisotopic (exact) mass is 276 g/mol. The summed E-state index contributed by atoms with van der Waals surface area (Å²) in [7, 11) is 0. The number of aromatic nitrogens is 1. The fourth-order valence-electron chi connectivity index (χ4n) is 2.52. The molecular weight excluding hydrogens is 260 g/mol. The zero-order valence-electron chi connectivity index (χ0n) is 10.7. The van der Waals surface area contributed by atoms with Crippen LogP contribution in [0.5, 0.6) is 5.75 Å². The summed E-state index contributed by atoms with van der Waals surface area (Å²) in [5, 5.41) is 5.10. The summed E-state index contributed by atoms with van der Waals surface area (Å²) in [6.07, 6.45) is 4.13. The molecule has 1 aromatic heterocycles. The predicted molar refractivity (Wildman–Crippen MR) is 77.8 cm³/mol. The van der Waals surface area contributed by atoms with Gasteiger partial charge in [-0.05, 0) is 56.1 Å². The van der Waals surface area contributed by atoms with Crippen molar-refractivity contribution in [1.82, 2.24) is 10.3 Å². The summed E-state index contributed by atoms with van der Waals surface area (Å²) < 4.78 is 5.91. The van der Waals surface area contributed by atoms with Crippen LogP contribution in [-0.4, -0.2) is 24.7 Å². The van der Waals surface area contributed by atoms with Crippen molar-refractivity contribution in [3.05, 3.63) is 35.5 Å². The first-order valence-corrected chi connectivity index (χ1v) is 7.08. The van der Waals surface area contributed by atoms with Gasteiger partial charge in [0.1, 0.15) is 5.75 Å². The minimum atomic E-state index is 0.703. The first-order chi connectivity index (χ1) is 9.33. The highest BCUT2D eigenvalue weighted by Gasteiger charge is 2.14. The molecule has 4 heteroatoms. The second-order valence-corrected chi connectivity index (χ2v) is 5.40. The van der Waals surface area contributed by atoms with Crippen molar-refractivity contribution >= 4 is 22.5 Å². The molecule has 19 heavy (non-hydrogen) atoms. The molecule has 1 fully saturated rings. The normalized spacial score (nSPS) is 18.9. The molecule has 3 nitrogen and oxygen atoms in total. The summed E-state index contributed by atoms with van der Waals surface area (Å²) in [5.74, 6) is 1.65. The largest absolute Gasteiger partial charge is 0.493 e. The highest BCUT2D eigenvalue weighted by atomic mass is 35.5. The predicted octanol–water partition coefficient (Wildman–Crippen LogP) is 3.27. The number of fused-ring (bicyclic) bond motifs is 1. The van der Waals surface area contributed by atoms with Crippen LogP contribution in [0.15, 0.2) is 30.5 Å². The van der Waals surface area contributed by atoms with Crippen LogP contribution in [-0.2, 0) is 0 Å². The van der Waals surface area contributed by atoms with Gasteiger partial charge in [-0.3, -0.25) is 4.98 Å². The van der Waals surface area contributed by atoms with Crippen LogP contribution in [0, 0.1) is 5.92 Å². The van der Waals surface area contributed by atoms with Crippen molar-refractivity contribution in [2.75, 3.05) is 19.7 Å². The number of benzene rings is 1. The van der Waals surface area contributed by atoms with E-state index in [0.29, 0.717) is 5.02 Å². The first kappa shape index (κ1) is 12.7. The summed E-state index contributed by atoms with van der Waals surface area (Å²) >= 11 is 5.97. The fraction of sp³-hybridized carbons (Fsp3) is 0.400. The first-order valence-electron chi connectivity index (χ1n) is 6.71. The maximum absolute atomic E-state index is 5.97. The van der Waals surface area contributed by atoms with Gasteiger partial charge in [-0.2, -0.15) is 0 Å². The summed E-state index contributed by atoms with van der Waals surface area (Å²) in [4.78, 5) is 4.31.